The number of aromatic nitrogens is 2. The number of nitrogens with zero attached hydrogens (tertiary/aromatic N) is 2. The number of carbonyl (C=O) groups excluding carboxylic acids is 1. The first kappa shape index (κ1) is 13.3. The number of amides is 1. The smallest absolute Gasteiger partial charge is 0.283 e. The van der Waals surface area contributed by atoms with Gasteiger partial charge in [-0.05, 0) is 6.92 Å². The first-order valence-electron chi connectivity index (χ1n) is 4.81. The van der Waals surface area contributed by atoms with E-state index < -0.39 is 22.5 Å². The fourth-order valence-electron chi connectivity index (χ4n) is 1.08. The molecule has 1 heterocycles. The van der Waals surface area contributed by atoms with E-state index in [1.54, 1.807) is 0 Å². The molecule has 1 atom stereocenters. The summed E-state index contributed by atoms with van der Waals surface area (Å²) in [4.78, 5) is 34.1. The number of alkyl halides is 1. The van der Waals surface area contributed by atoms with Crippen LogP contribution in [0.25, 0.3) is 0 Å². The average Bonchev–Trinajstić information content (AvgIpc) is 2.28. The minimum atomic E-state index is -0.717. The Labute approximate surface area is 102 Å². The van der Waals surface area contributed by atoms with Gasteiger partial charge in [-0.2, -0.15) is 0 Å². The standard InChI is InChI=1S/C9H13ClN4O3/c1-5(10)8(16)12-11-6-4-7(15)14(3)9(17)13(6)2/h4-5,11H,1-3H3,(H,12,16). The molecule has 1 aromatic rings. The van der Waals surface area contributed by atoms with Gasteiger partial charge in [0.05, 0.1) is 0 Å². The largest absolute Gasteiger partial charge is 0.332 e. The predicted molar refractivity (Wildman–Crippen MR) is 64.0 cm³/mol. The zero-order chi connectivity index (χ0) is 13.2. The quantitative estimate of drug-likeness (QED) is 0.548. The van der Waals surface area contributed by atoms with Gasteiger partial charge in [0.25, 0.3) is 11.5 Å². The number of hydrogen-bond acceptors (Lipinski definition) is 4. The normalized spacial score (nSPS) is 12.0. The average molecular weight is 261 g/mol. The lowest BCUT2D eigenvalue weighted by atomic mass is 10.5. The summed E-state index contributed by atoms with van der Waals surface area (Å²) in [6.45, 7) is 1.50. The summed E-state index contributed by atoms with van der Waals surface area (Å²) >= 11 is 5.54. The molecule has 1 rings (SSSR count). The molecule has 0 bridgehead atoms. The molecule has 0 aliphatic heterocycles. The van der Waals surface area contributed by atoms with Crippen LogP contribution in [-0.4, -0.2) is 20.4 Å². The number of nitrogens with one attached hydrogen (secondary N) is 2. The second-order valence-corrected chi connectivity index (χ2v) is 4.15. The van der Waals surface area contributed by atoms with Crippen molar-refractivity contribution >= 4 is 23.3 Å². The second-order valence-electron chi connectivity index (χ2n) is 3.50. The zero-order valence-electron chi connectivity index (χ0n) is 9.65. The number of anilines is 1. The fourth-order valence-corrected chi connectivity index (χ4v) is 1.13. The van der Waals surface area contributed by atoms with Crippen molar-refractivity contribution < 1.29 is 4.79 Å². The molecule has 0 aromatic carbocycles. The number of hydrazine groups is 1. The van der Waals surface area contributed by atoms with Crippen molar-refractivity contribution in [2.45, 2.75) is 12.3 Å². The Hall–Kier alpha value is -1.76. The molecular weight excluding hydrogens is 248 g/mol. The van der Waals surface area contributed by atoms with Gasteiger partial charge in [-0.15, -0.1) is 11.6 Å². The van der Waals surface area contributed by atoms with Crippen LogP contribution >= 0.6 is 11.6 Å². The van der Waals surface area contributed by atoms with Crippen molar-refractivity contribution in [2.24, 2.45) is 14.1 Å². The summed E-state index contributed by atoms with van der Waals surface area (Å²) < 4.78 is 2.15. The first-order chi connectivity index (χ1) is 7.84. The highest BCUT2D eigenvalue weighted by Crippen LogP contribution is 1.97. The van der Waals surface area contributed by atoms with E-state index in [1.165, 1.54) is 31.7 Å². The van der Waals surface area contributed by atoms with Gasteiger partial charge in [-0.1, -0.05) is 0 Å². The van der Waals surface area contributed by atoms with Gasteiger partial charge >= 0.3 is 5.69 Å². The molecule has 2 N–H and O–H groups in total. The van der Waals surface area contributed by atoms with E-state index in [0.717, 1.165) is 4.57 Å². The Morgan fingerprint density at radius 2 is 1.94 bits per heavy atom. The van der Waals surface area contributed by atoms with Crippen LogP contribution in [-0.2, 0) is 18.9 Å². The van der Waals surface area contributed by atoms with Crippen molar-refractivity contribution in [3.63, 3.8) is 0 Å². The van der Waals surface area contributed by atoms with Crippen molar-refractivity contribution in [1.82, 2.24) is 14.6 Å². The fraction of sp³-hybridized carbons (Fsp3) is 0.444. The van der Waals surface area contributed by atoms with Gasteiger partial charge in [0.1, 0.15) is 11.2 Å². The molecule has 0 saturated heterocycles. The highest BCUT2D eigenvalue weighted by Gasteiger charge is 2.10. The van der Waals surface area contributed by atoms with Crippen LogP contribution in [0.15, 0.2) is 15.7 Å². The summed E-state index contributed by atoms with van der Waals surface area (Å²) in [5.74, 6) is -0.274. The van der Waals surface area contributed by atoms with E-state index in [1.807, 2.05) is 0 Å². The minimum Gasteiger partial charge on any atom is -0.283 e. The molecule has 1 unspecified atom stereocenters. The first-order valence-corrected chi connectivity index (χ1v) is 5.25. The predicted octanol–water partition coefficient (Wildman–Crippen LogP) is -0.846. The summed E-state index contributed by atoms with van der Waals surface area (Å²) in [6.07, 6.45) is 0. The topological polar surface area (TPSA) is 85.1 Å². The van der Waals surface area contributed by atoms with Crippen molar-refractivity contribution in [2.75, 3.05) is 5.43 Å². The van der Waals surface area contributed by atoms with Crippen LogP contribution in [0.2, 0.25) is 0 Å². The van der Waals surface area contributed by atoms with Crippen LogP contribution in [0, 0.1) is 0 Å². The lowest BCUT2D eigenvalue weighted by Gasteiger charge is -2.13. The van der Waals surface area contributed by atoms with E-state index in [9.17, 15) is 14.4 Å². The summed E-state index contributed by atoms with van der Waals surface area (Å²) in [5, 5.41) is -0.717. The monoisotopic (exact) mass is 260 g/mol. The number of halogens is 1. The molecule has 0 saturated carbocycles. The molecule has 94 valence electrons. The van der Waals surface area contributed by atoms with Crippen molar-refractivity contribution in [3.05, 3.63) is 26.9 Å². The maximum atomic E-state index is 11.5. The lowest BCUT2D eigenvalue weighted by molar-refractivity contribution is -0.119. The van der Waals surface area contributed by atoms with Crippen LogP contribution in [0.5, 0.6) is 0 Å². The maximum Gasteiger partial charge on any atom is 0.332 e. The van der Waals surface area contributed by atoms with E-state index in [2.05, 4.69) is 10.9 Å². The molecule has 0 spiro atoms. The molecule has 1 amide bonds. The third kappa shape index (κ3) is 2.88. The minimum absolute atomic E-state index is 0.184. The molecule has 8 heteroatoms. The number of rotatable bonds is 3. The molecule has 17 heavy (non-hydrogen) atoms. The van der Waals surface area contributed by atoms with Crippen molar-refractivity contribution in [1.29, 1.82) is 0 Å². The zero-order valence-corrected chi connectivity index (χ0v) is 10.4. The SMILES string of the molecule is CC(Cl)C(=O)NNc1cc(=O)n(C)c(=O)n1C. The maximum absolute atomic E-state index is 11.5. The lowest BCUT2D eigenvalue weighted by Crippen LogP contribution is -2.41. The second kappa shape index (κ2) is 5.05. The van der Waals surface area contributed by atoms with Gasteiger partial charge in [0.15, 0.2) is 0 Å². The van der Waals surface area contributed by atoms with E-state index >= 15 is 0 Å². The summed E-state index contributed by atoms with van der Waals surface area (Å²) in [6, 6.07) is 1.20. The highest BCUT2D eigenvalue weighted by molar-refractivity contribution is 6.30. The van der Waals surface area contributed by atoms with Gasteiger partial charge in [-0.3, -0.25) is 29.6 Å². The third-order valence-corrected chi connectivity index (χ3v) is 2.40. The molecule has 0 fully saturated rings. The summed E-state index contributed by atoms with van der Waals surface area (Å²) in [7, 11) is 2.84. The Balaban J connectivity index is 2.98. The van der Waals surface area contributed by atoms with Crippen LogP contribution in [0.3, 0.4) is 0 Å². The van der Waals surface area contributed by atoms with Gasteiger partial charge in [0.2, 0.25) is 0 Å². The van der Waals surface area contributed by atoms with Gasteiger partial charge in [-0.25, -0.2) is 4.79 Å². The highest BCUT2D eigenvalue weighted by atomic mass is 35.5. The number of carbonyl (C=O) groups is 1. The van der Waals surface area contributed by atoms with E-state index in [4.69, 9.17) is 11.6 Å². The van der Waals surface area contributed by atoms with Crippen LogP contribution < -0.4 is 22.1 Å². The molecular formula is C9H13ClN4O3. The van der Waals surface area contributed by atoms with E-state index in [-0.39, 0.29) is 5.82 Å². The van der Waals surface area contributed by atoms with Crippen molar-refractivity contribution in [3.8, 4) is 0 Å². The van der Waals surface area contributed by atoms with Gasteiger partial charge in [0, 0.05) is 20.2 Å². The third-order valence-electron chi connectivity index (χ3n) is 2.20. The van der Waals surface area contributed by atoms with Crippen LogP contribution in [0.1, 0.15) is 6.92 Å². The van der Waals surface area contributed by atoms with E-state index in [0.29, 0.717) is 0 Å². The molecule has 0 aliphatic rings. The molecule has 0 aliphatic carbocycles. The Bertz CT molecular complexity index is 546. The van der Waals surface area contributed by atoms with Gasteiger partial charge < -0.3 is 0 Å². The number of hydrogen-bond donors (Lipinski definition) is 2. The summed E-state index contributed by atoms with van der Waals surface area (Å²) in [5.41, 5.74) is 3.79. The Morgan fingerprint density at radius 3 is 2.47 bits per heavy atom. The Morgan fingerprint density at radius 1 is 1.35 bits per heavy atom. The molecule has 7 nitrogen and oxygen atoms in total. The molecule has 0 radical (unpaired) electrons. The molecule has 1 aromatic heterocycles. The Kier molecular flexibility index (Phi) is 3.95. The van der Waals surface area contributed by atoms with Crippen LogP contribution in [0.4, 0.5) is 5.82 Å².